The molecule has 0 spiro atoms. The van der Waals surface area contributed by atoms with Gasteiger partial charge in [-0.05, 0) is 42.2 Å². The zero-order valence-electron chi connectivity index (χ0n) is 11.7. The molecule has 3 nitrogen and oxygen atoms in total. The summed E-state index contributed by atoms with van der Waals surface area (Å²) in [6, 6.07) is 0.769. The van der Waals surface area contributed by atoms with E-state index in [1.807, 2.05) is 11.7 Å². The second kappa shape index (κ2) is 6.20. The molecule has 0 atom stereocenters. The molecule has 0 unspecified atom stereocenters. The molecule has 0 N–H and O–H groups in total. The van der Waals surface area contributed by atoms with Gasteiger partial charge in [0, 0.05) is 19.6 Å². The van der Waals surface area contributed by atoms with Gasteiger partial charge in [-0.15, -0.1) is 0 Å². The number of rotatable bonds is 4. The van der Waals surface area contributed by atoms with E-state index < -0.39 is 0 Å². The molecular formula is C14H24BrN3. The van der Waals surface area contributed by atoms with Gasteiger partial charge >= 0.3 is 0 Å². The van der Waals surface area contributed by atoms with Crippen LogP contribution in [0.15, 0.2) is 4.47 Å². The number of halogens is 1. The lowest BCUT2D eigenvalue weighted by atomic mass is 9.94. The molecular weight excluding hydrogens is 290 g/mol. The summed E-state index contributed by atoms with van der Waals surface area (Å²) in [5, 5.41) is 4.49. The van der Waals surface area contributed by atoms with Crippen molar-refractivity contribution in [3.8, 4) is 0 Å². The predicted octanol–water partition coefficient (Wildman–Crippen LogP) is 3.65. The maximum atomic E-state index is 4.49. The standard InChI is InChI=1S/C14H24BrN3/c1-4-18(12-8-6-5-7-9-12)10-13-14(15)11(2)16-17(13)3/h12H,4-10H2,1-3H3. The van der Waals surface area contributed by atoms with Gasteiger partial charge in [0.1, 0.15) is 0 Å². The number of nitrogens with zero attached hydrogens (tertiary/aromatic N) is 3. The second-order valence-corrected chi connectivity index (χ2v) is 6.12. The van der Waals surface area contributed by atoms with Crippen LogP contribution in [0.3, 0.4) is 0 Å². The summed E-state index contributed by atoms with van der Waals surface area (Å²) >= 11 is 3.67. The molecule has 102 valence electrons. The van der Waals surface area contributed by atoms with Gasteiger partial charge in [0.05, 0.1) is 15.9 Å². The van der Waals surface area contributed by atoms with E-state index in [-0.39, 0.29) is 0 Å². The fourth-order valence-electron chi connectivity index (χ4n) is 2.99. The van der Waals surface area contributed by atoms with E-state index in [1.54, 1.807) is 0 Å². The average molecular weight is 314 g/mol. The summed E-state index contributed by atoms with van der Waals surface area (Å²) in [7, 11) is 2.04. The third-order valence-electron chi connectivity index (χ3n) is 4.11. The first-order valence-electron chi connectivity index (χ1n) is 7.05. The van der Waals surface area contributed by atoms with Crippen LogP contribution in [0.5, 0.6) is 0 Å². The topological polar surface area (TPSA) is 21.1 Å². The molecule has 4 heteroatoms. The Bertz CT molecular complexity index is 394. The molecule has 1 heterocycles. The minimum atomic E-state index is 0.769. The lowest BCUT2D eigenvalue weighted by Gasteiger charge is -2.33. The third-order valence-corrected chi connectivity index (χ3v) is 5.14. The average Bonchev–Trinajstić information content (AvgIpc) is 2.62. The van der Waals surface area contributed by atoms with Crippen molar-refractivity contribution in [2.75, 3.05) is 6.54 Å². The third kappa shape index (κ3) is 2.97. The summed E-state index contributed by atoms with van der Waals surface area (Å²) in [5.41, 5.74) is 2.40. The van der Waals surface area contributed by atoms with E-state index in [0.717, 1.165) is 24.8 Å². The summed E-state index contributed by atoms with van der Waals surface area (Å²) in [5.74, 6) is 0. The molecule has 0 radical (unpaired) electrons. The number of hydrogen-bond acceptors (Lipinski definition) is 2. The lowest BCUT2D eigenvalue weighted by Crippen LogP contribution is -2.36. The Kier molecular flexibility index (Phi) is 4.84. The van der Waals surface area contributed by atoms with Gasteiger partial charge in [0.15, 0.2) is 0 Å². The molecule has 0 aromatic carbocycles. The molecule has 1 aliphatic carbocycles. The van der Waals surface area contributed by atoms with Crippen LogP contribution >= 0.6 is 15.9 Å². The highest BCUT2D eigenvalue weighted by Gasteiger charge is 2.22. The normalized spacial score (nSPS) is 17.6. The van der Waals surface area contributed by atoms with E-state index in [9.17, 15) is 0 Å². The highest BCUT2D eigenvalue weighted by Crippen LogP contribution is 2.26. The fourth-order valence-corrected chi connectivity index (χ4v) is 3.45. The molecule has 1 fully saturated rings. The van der Waals surface area contributed by atoms with E-state index in [4.69, 9.17) is 0 Å². The Hall–Kier alpha value is -0.350. The van der Waals surface area contributed by atoms with E-state index in [1.165, 1.54) is 42.3 Å². The highest BCUT2D eigenvalue weighted by molar-refractivity contribution is 9.10. The lowest BCUT2D eigenvalue weighted by molar-refractivity contribution is 0.152. The molecule has 18 heavy (non-hydrogen) atoms. The van der Waals surface area contributed by atoms with E-state index >= 15 is 0 Å². The predicted molar refractivity (Wildman–Crippen MR) is 78.6 cm³/mol. The molecule has 0 aliphatic heterocycles. The van der Waals surface area contributed by atoms with Crippen molar-refractivity contribution in [1.82, 2.24) is 14.7 Å². The summed E-state index contributed by atoms with van der Waals surface area (Å²) in [4.78, 5) is 2.61. The Morgan fingerprint density at radius 3 is 2.50 bits per heavy atom. The van der Waals surface area contributed by atoms with Crippen LogP contribution in [0.25, 0.3) is 0 Å². The summed E-state index contributed by atoms with van der Waals surface area (Å²) < 4.78 is 3.20. The largest absolute Gasteiger partial charge is 0.295 e. The molecule has 0 bridgehead atoms. The van der Waals surface area contributed by atoms with Gasteiger partial charge in [-0.1, -0.05) is 26.2 Å². The molecule has 2 rings (SSSR count). The molecule has 1 aromatic heterocycles. The quantitative estimate of drug-likeness (QED) is 0.846. The van der Waals surface area contributed by atoms with Crippen LogP contribution in [-0.2, 0) is 13.6 Å². The number of hydrogen-bond donors (Lipinski definition) is 0. The maximum Gasteiger partial charge on any atom is 0.0739 e. The molecule has 0 amide bonds. The fraction of sp³-hybridized carbons (Fsp3) is 0.786. The van der Waals surface area contributed by atoms with Crippen LogP contribution < -0.4 is 0 Å². The Morgan fingerprint density at radius 2 is 2.00 bits per heavy atom. The zero-order valence-corrected chi connectivity index (χ0v) is 13.3. The van der Waals surface area contributed by atoms with E-state index in [2.05, 4.69) is 39.8 Å². The van der Waals surface area contributed by atoms with Gasteiger partial charge in [-0.2, -0.15) is 5.10 Å². The maximum absolute atomic E-state index is 4.49. The minimum Gasteiger partial charge on any atom is -0.295 e. The molecule has 1 aliphatic rings. The molecule has 1 saturated carbocycles. The first-order chi connectivity index (χ1) is 8.63. The van der Waals surface area contributed by atoms with Gasteiger partial charge in [0.2, 0.25) is 0 Å². The summed E-state index contributed by atoms with van der Waals surface area (Å²) in [6.07, 6.45) is 6.94. The Labute approximate surface area is 119 Å². The van der Waals surface area contributed by atoms with Crippen LogP contribution in [0, 0.1) is 6.92 Å². The smallest absolute Gasteiger partial charge is 0.0739 e. The van der Waals surface area contributed by atoms with Crippen LogP contribution in [0.4, 0.5) is 0 Å². The Balaban J connectivity index is 2.09. The van der Waals surface area contributed by atoms with Crippen LogP contribution in [0.2, 0.25) is 0 Å². The highest BCUT2D eigenvalue weighted by atomic mass is 79.9. The van der Waals surface area contributed by atoms with Gasteiger partial charge in [0.25, 0.3) is 0 Å². The number of aryl methyl sites for hydroxylation is 2. The van der Waals surface area contributed by atoms with Crippen molar-refractivity contribution in [3.05, 3.63) is 15.9 Å². The van der Waals surface area contributed by atoms with Crippen LogP contribution in [0.1, 0.15) is 50.4 Å². The van der Waals surface area contributed by atoms with Crippen molar-refractivity contribution >= 4 is 15.9 Å². The van der Waals surface area contributed by atoms with E-state index in [0.29, 0.717) is 0 Å². The molecule has 0 saturated heterocycles. The minimum absolute atomic E-state index is 0.769. The van der Waals surface area contributed by atoms with Crippen molar-refractivity contribution in [2.24, 2.45) is 7.05 Å². The van der Waals surface area contributed by atoms with Gasteiger partial charge in [-0.25, -0.2) is 0 Å². The zero-order chi connectivity index (χ0) is 13.1. The second-order valence-electron chi connectivity index (χ2n) is 5.32. The van der Waals surface area contributed by atoms with Crippen molar-refractivity contribution in [3.63, 3.8) is 0 Å². The number of aromatic nitrogens is 2. The SMILES string of the molecule is CCN(Cc1c(Br)c(C)nn1C)C1CCCCC1. The first-order valence-corrected chi connectivity index (χ1v) is 7.84. The monoisotopic (exact) mass is 313 g/mol. The molecule has 1 aromatic rings. The van der Waals surface area contributed by atoms with Crippen molar-refractivity contribution in [1.29, 1.82) is 0 Å². The van der Waals surface area contributed by atoms with Crippen molar-refractivity contribution < 1.29 is 0 Å². The van der Waals surface area contributed by atoms with Gasteiger partial charge < -0.3 is 0 Å². The van der Waals surface area contributed by atoms with Crippen molar-refractivity contribution in [2.45, 2.75) is 58.5 Å². The summed E-state index contributed by atoms with van der Waals surface area (Å²) in [6.45, 7) is 6.47. The van der Waals surface area contributed by atoms with Gasteiger partial charge in [-0.3, -0.25) is 9.58 Å². The van der Waals surface area contributed by atoms with Crippen LogP contribution in [-0.4, -0.2) is 27.3 Å². The Morgan fingerprint density at radius 1 is 1.33 bits per heavy atom. The first kappa shape index (κ1) is 14.1.